The Balaban J connectivity index is 2.16. The maximum Gasteiger partial charge on any atom is 0.274 e. The Kier molecular flexibility index (Phi) is 5.73. The van der Waals surface area contributed by atoms with E-state index in [1.54, 1.807) is 24.3 Å². The van der Waals surface area contributed by atoms with Crippen molar-refractivity contribution < 1.29 is 9.59 Å². The van der Waals surface area contributed by atoms with Crippen molar-refractivity contribution in [2.45, 2.75) is 0 Å². The lowest BCUT2D eigenvalue weighted by Gasteiger charge is -2.08. The molecule has 1 aromatic carbocycles. The van der Waals surface area contributed by atoms with Crippen LogP contribution in [0.4, 0.5) is 5.69 Å². The molecule has 0 aliphatic heterocycles. The third-order valence-corrected chi connectivity index (χ3v) is 3.35. The standard InChI is InChI=1S/C16H13Cl2N3O2/c1-2-8-19-15(22)13-4-3-5-14(20-13)16(23)21-12-7-6-10(17)9-11(12)18/h2-7,9H,1,8H2,(H,19,22)(H,21,23). The van der Waals surface area contributed by atoms with Crippen LogP contribution >= 0.6 is 23.2 Å². The highest BCUT2D eigenvalue weighted by molar-refractivity contribution is 6.36. The van der Waals surface area contributed by atoms with Gasteiger partial charge in [-0.3, -0.25) is 9.59 Å². The number of anilines is 1. The topological polar surface area (TPSA) is 71.1 Å². The number of nitrogens with one attached hydrogen (secondary N) is 2. The Hall–Kier alpha value is -2.37. The van der Waals surface area contributed by atoms with Gasteiger partial charge in [0.05, 0.1) is 10.7 Å². The Morgan fingerprint density at radius 1 is 1.13 bits per heavy atom. The van der Waals surface area contributed by atoms with Crippen molar-refractivity contribution in [3.63, 3.8) is 0 Å². The molecule has 0 aliphatic rings. The molecule has 0 aliphatic carbocycles. The highest BCUT2D eigenvalue weighted by Crippen LogP contribution is 2.25. The predicted molar refractivity (Wildman–Crippen MR) is 91.2 cm³/mol. The number of hydrogen-bond acceptors (Lipinski definition) is 3. The molecule has 1 heterocycles. The maximum atomic E-state index is 12.2. The van der Waals surface area contributed by atoms with E-state index in [0.717, 1.165) is 0 Å². The van der Waals surface area contributed by atoms with E-state index in [9.17, 15) is 9.59 Å². The largest absolute Gasteiger partial charge is 0.347 e. The van der Waals surface area contributed by atoms with Crippen molar-refractivity contribution in [1.29, 1.82) is 0 Å². The second kappa shape index (κ2) is 7.76. The van der Waals surface area contributed by atoms with Crippen LogP contribution in [0.25, 0.3) is 0 Å². The number of rotatable bonds is 5. The van der Waals surface area contributed by atoms with Crippen molar-refractivity contribution in [3.05, 3.63) is 70.5 Å². The summed E-state index contributed by atoms with van der Waals surface area (Å²) < 4.78 is 0. The average Bonchev–Trinajstić information content (AvgIpc) is 2.55. The van der Waals surface area contributed by atoms with Crippen molar-refractivity contribution in [2.75, 3.05) is 11.9 Å². The minimum atomic E-state index is -0.479. The molecule has 2 rings (SSSR count). The molecule has 118 valence electrons. The van der Waals surface area contributed by atoms with Crippen LogP contribution in [-0.4, -0.2) is 23.3 Å². The van der Waals surface area contributed by atoms with Gasteiger partial charge in [0.15, 0.2) is 0 Å². The third kappa shape index (κ3) is 4.55. The van der Waals surface area contributed by atoms with E-state index < -0.39 is 5.91 Å². The molecule has 0 bridgehead atoms. The number of aromatic nitrogens is 1. The van der Waals surface area contributed by atoms with Gasteiger partial charge < -0.3 is 10.6 Å². The summed E-state index contributed by atoms with van der Waals surface area (Å²) in [5.74, 6) is -0.864. The zero-order valence-electron chi connectivity index (χ0n) is 12.0. The van der Waals surface area contributed by atoms with Gasteiger partial charge in [0.2, 0.25) is 0 Å². The molecule has 2 amide bonds. The fraction of sp³-hybridized carbons (Fsp3) is 0.0625. The van der Waals surface area contributed by atoms with Crippen molar-refractivity contribution >= 4 is 40.7 Å². The zero-order chi connectivity index (χ0) is 16.8. The summed E-state index contributed by atoms with van der Waals surface area (Å²) in [7, 11) is 0. The molecule has 0 atom stereocenters. The first-order chi connectivity index (χ1) is 11.0. The van der Waals surface area contributed by atoms with Crippen LogP contribution in [0.1, 0.15) is 21.0 Å². The van der Waals surface area contributed by atoms with E-state index in [0.29, 0.717) is 22.3 Å². The van der Waals surface area contributed by atoms with Crippen LogP contribution < -0.4 is 10.6 Å². The maximum absolute atomic E-state index is 12.2. The SMILES string of the molecule is C=CCNC(=O)c1cccc(C(=O)Nc2ccc(Cl)cc2Cl)n1. The third-order valence-electron chi connectivity index (χ3n) is 2.80. The quantitative estimate of drug-likeness (QED) is 0.810. The number of halogens is 2. The van der Waals surface area contributed by atoms with Gasteiger partial charge in [-0.25, -0.2) is 4.98 Å². The fourth-order valence-corrected chi connectivity index (χ4v) is 2.18. The van der Waals surface area contributed by atoms with Gasteiger partial charge in [0, 0.05) is 11.6 Å². The van der Waals surface area contributed by atoms with Crippen LogP contribution in [0.3, 0.4) is 0 Å². The number of benzene rings is 1. The molecule has 0 radical (unpaired) electrons. The number of pyridine rings is 1. The van der Waals surface area contributed by atoms with Crippen LogP contribution in [0.5, 0.6) is 0 Å². The van der Waals surface area contributed by atoms with E-state index in [-0.39, 0.29) is 17.3 Å². The van der Waals surface area contributed by atoms with Crippen LogP contribution in [0.15, 0.2) is 49.1 Å². The zero-order valence-corrected chi connectivity index (χ0v) is 13.5. The van der Waals surface area contributed by atoms with Gasteiger partial charge in [-0.15, -0.1) is 6.58 Å². The molecular weight excluding hydrogens is 337 g/mol. The summed E-state index contributed by atoms with van der Waals surface area (Å²) >= 11 is 11.8. The first-order valence-corrected chi connectivity index (χ1v) is 7.39. The normalized spacial score (nSPS) is 10.0. The second-order valence-electron chi connectivity index (χ2n) is 4.49. The highest BCUT2D eigenvalue weighted by atomic mass is 35.5. The summed E-state index contributed by atoms with van der Waals surface area (Å²) in [5.41, 5.74) is 0.647. The lowest BCUT2D eigenvalue weighted by Crippen LogP contribution is -2.25. The van der Waals surface area contributed by atoms with Gasteiger partial charge in [0.1, 0.15) is 11.4 Å². The van der Waals surface area contributed by atoms with Crippen molar-refractivity contribution in [1.82, 2.24) is 10.3 Å². The molecule has 23 heavy (non-hydrogen) atoms. The van der Waals surface area contributed by atoms with E-state index in [1.165, 1.54) is 18.2 Å². The Labute approximate surface area is 143 Å². The smallest absolute Gasteiger partial charge is 0.274 e. The number of carbonyl (C=O) groups excluding carboxylic acids is 2. The van der Waals surface area contributed by atoms with E-state index in [1.807, 2.05) is 0 Å². The molecule has 5 nitrogen and oxygen atoms in total. The minimum absolute atomic E-state index is 0.0993. The van der Waals surface area contributed by atoms with Crippen molar-refractivity contribution in [3.8, 4) is 0 Å². The molecular formula is C16H13Cl2N3O2. The predicted octanol–water partition coefficient (Wildman–Crippen LogP) is 3.56. The van der Waals surface area contributed by atoms with Gasteiger partial charge in [0.25, 0.3) is 11.8 Å². The molecule has 0 fully saturated rings. The number of amides is 2. The van der Waals surface area contributed by atoms with Gasteiger partial charge >= 0.3 is 0 Å². The van der Waals surface area contributed by atoms with Crippen LogP contribution in [0.2, 0.25) is 10.0 Å². The summed E-state index contributed by atoms with van der Waals surface area (Å²) in [6, 6.07) is 9.31. The second-order valence-corrected chi connectivity index (χ2v) is 5.33. The summed E-state index contributed by atoms with van der Waals surface area (Å²) in [4.78, 5) is 28.1. The van der Waals surface area contributed by atoms with E-state index in [2.05, 4.69) is 22.2 Å². The first kappa shape index (κ1) is 17.0. The lowest BCUT2D eigenvalue weighted by atomic mass is 10.2. The number of nitrogens with zero attached hydrogens (tertiary/aromatic N) is 1. The Morgan fingerprint density at radius 2 is 1.83 bits per heavy atom. The molecule has 2 aromatic rings. The molecule has 0 spiro atoms. The first-order valence-electron chi connectivity index (χ1n) is 6.64. The average molecular weight is 350 g/mol. The van der Waals surface area contributed by atoms with Crippen molar-refractivity contribution in [2.24, 2.45) is 0 Å². The fourth-order valence-electron chi connectivity index (χ4n) is 1.72. The molecule has 1 aromatic heterocycles. The van der Waals surface area contributed by atoms with Crippen LogP contribution in [-0.2, 0) is 0 Å². The highest BCUT2D eigenvalue weighted by Gasteiger charge is 2.13. The van der Waals surface area contributed by atoms with E-state index in [4.69, 9.17) is 23.2 Å². The molecule has 0 saturated heterocycles. The minimum Gasteiger partial charge on any atom is -0.347 e. The molecule has 0 unspecified atom stereocenters. The summed E-state index contributed by atoms with van der Waals surface area (Å²) in [6.07, 6.45) is 1.55. The Bertz CT molecular complexity index is 763. The monoisotopic (exact) mass is 349 g/mol. The van der Waals surface area contributed by atoms with Gasteiger partial charge in [-0.05, 0) is 30.3 Å². The van der Waals surface area contributed by atoms with Gasteiger partial charge in [-0.2, -0.15) is 0 Å². The lowest BCUT2D eigenvalue weighted by molar-refractivity contribution is 0.0953. The summed E-state index contributed by atoms with van der Waals surface area (Å²) in [6.45, 7) is 3.83. The van der Waals surface area contributed by atoms with E-state index >= 15 is 0 Å². The molecule has 7 heteroatoms. The summed E-state index contributed by atoms with van der Waals surface area (Å²) in [5, 5.41) is 5.99. The molecule has 0 saturated carbocycles. The van der Waals surface area contributed by atoms with Gasteiger partial charge in [-0.1, -0.05) is 35.3 Å². The Morgan fingerprint density at radius 3 is 2.48 bits per heavy atom. The van der Waals surface area contributed by atoms with Crippen LogP contribution in [0, 0.1) is 0 Å². The molecule has 2 N–H and O–H groups in total. The number of carbonyl (C=O) groups is 2. The number of hydrogen-bond donors (Lipinski definition) is 2.